The molecule has 1 rings (SSSR count). The van der Waals surface area contributed by atoms with Gasteiger partial charge in [-0.1, -0.05) is 51.2 Å². The first-order valence-electron chi connectivity index (χ1n) is 9.92. The molecule has 1 heterocycles. The van der Waals surface area contributed by atoms with Crippen LogP contribution in [0.4, 0.5) is 0 Å². The van der Waals surface area contributed by atoms with E-state index in [1.165, 1.54) is 0 Å². The van der Waals surface area contributed by atoms with Gasteiger partial charge in [0.1, 0.15) is 0 Å². The Bertz CT molecular complexity index is 422. The maximum Gasteiger partial charge on any atom is 0.303 e. The second kappa shape index (κ2) is 12.9. The zero-order chi connectivity index (χ0) is 18.5. The molecule has 0 aliphatic carbocycles. The van der Waals surface area contributed by atoms with E-state index in [9.17, 15) is 14.7 Å². The number of nitrogens with zero attached hydrogens (tertiary/aromatic N) is 1. The Morgan fingerprint density at radius 2 is 2.00 bits per heavy atom. The van der Waals surface area contributed by atoms with Crippen LogP contribution in [0.1, 0.15) is 84.0 Å². The van der Waals surface area contributed by atoms with Crippen molar-refractivity contribution in [2.45, 2.75) is 96.1 Å². The highest BCUT2D eigenvalue weighted by Gasteiger charge is 2.25. The van der Waals surface area contributed by atoms with Crippen LogP contribution in [0.2, 0.25) is 0 Å². The molecule has 144 valence electrons. The number of aliphatic hydroxyl groups excluding tert-OH is 1. The Labute approximate surface area is 152 Å². The molecule has 0 spiro atoms. The lowest BCUT2D eigenvalue weighted by atomic mass is 9.99. The van der Waals surface area contributed by atoms with Crippen LogP contribution in [0.15, 0.2) is 12.2 Å². The van der Waals surface area contributed by atoms with Crippen molar-refractivity contribution in [3.05, 3.63) is 12.2 Å². The SMILES string of the molecule is CCCCC[C@@H](O)C=CC1CCCC(=O)N1CCCCCCC(=O)O. The third-order valence-corrected chi connectivity index (χ3v) is 4.81. The van der Waals surface area contributed by atoms with Crippen molar-refractivity contribution in [1.82, 2.24) is 4.90 Å². The van der Waals surface area contributed by atoms with Crippen molar-refractivity contribution in [2.24, 2.45) is 0 Å². The summed E-state index contributed by atoms with van der Waals surface area (Å²) in [6.07, 6.45) is 13.7. The van der Waals surface area contributed by atoms with E-state index >= 15 is 0 Å². The molecule has 0 aromatic heterocycles. The molecule has 1 aliphatic heterocycles. The van der Waals surface area contributed by atoms with Crippen LogP contribution < -0.4 is 0 Å². The molecule has 5 nitrogen and oxygen atoms in total. The Hall–Kier alpha value is -1.36. The van der Waals surface area contributed by atoms with Gasteiger partial charge in [-0.3, -0.25) is 9.59 Å². The lowest BCUT2D eigenvalue weighted by molar-refractivity contribution is -0.137. The largest absolute Gasteiger partial charge is 0.481 e. The summed E-state index contributed by atoms with van der Waals surface area (Å²) in [7, 11) is 0. The fourth-order valence-corrected chi connectivity index (χ4v) is 3.31. The molecule has 1 fully saturated rings. The molecular weight excluding hydrogens is 318 g/mol. The van der Waals surface area contributed by atoms with Crippen molar-refractivity contribution in [3.8, 4) is 0 Å². The van der Waals surface area contributed by atoms with Gasteiger partial charge in [-0.15, -0.1) is 0 Å². The molecule has 1 unspecified atom stereocenters. The molecule has 2 atom stereocenters. The smallest absolute Gasteiger partial charge is 0.303 e. The Balaban J connectivity index is 2.36. The van der Waals surface area contributed by atoms with Gasteiger partial charge in [-0.05, 0) is 32.1 Å². The number of carboxylic acids is 1. The van der Waals surface area contributed by atoms with Crippen LogP contribution in [0, 0.1) is 0 Å². The molecule has 1 saturated heterocycles. The van der Waals surface area contributed by atoms with E-state index in [1.54, 1.807) is 0 Å². The highest BCUT2D eigenvalue weighted by Crippen LogP contribution is 2.21. The number of carbonyl (C=O) groups is 2. The average molecular weight is 354 g/mol. The third kappa shape index (κ3) is 9.63. The highest BCUT2D eigenvalue weighted by molar-refractivity contribution is 5.77. The van der Waals surface area contributed by atoms with Crippen molar-refractivity contribution in [1.29, 1.82) is 0 Å². The van der Waals surface area contributed by atoms with Gasteiger partial charge in [0.25, 0.3) is 0 Å². The lowest BCUT2D eigenvalue weighted by Crippen LogP contribution is -2.43. The maximum absolute atomic E-state index is 12.2. The van der Waals surface area contributed by atoms with Crippen molar-refractivity contribution in [3.63, 3.8) is 0 Å². The van der Waals surface area contributed by atoms with Crippen LogP contribution in [-0.2, 0) is 9.59 Å². The topological polar surface area (TPSA) is 77.8 Å². The first-order chi connectivity index (χ1) is 12.0. The number of hydrogen-bond acceptors (Lipinski definition) is 3. The molecule has 1 aliphatic rings. The second-order valence-corrected chi connectivity index (χ2v) is 7.05. The van der Waals surface area contributed by atoms with Gasteiger partial charge in [0.05, 0.1) is 12.1 Å². The van der Waals surface area contributed by atoms with E-state index < -0.39 is 12.1 Å². The van der Waals surface area contributed by atoms with Gasteiger partial charge in [0.15, 0.2) is 0 Å². The standard InChI is InChI=1S/C20H35NO4/c1-2-3-6-11-18(22)15-14-17-10-9-12-19(23)21(17)16-8-5-4-7-13-20(24)25/h14-15,17-18,22H,2-13,16H2,1H3,(H,24,25)/t17?,18-/m1/s1. The number of amides is 1. The molecular formula is C20H35NO4. The summed E-state index contributed by atoms with van der Waals surface area (Å²) in [4.78, 5) is 24.7. The van der Waals surface area contributed by atoms with Crippen LogP contribution in [0.3, 0.4) is 0 Å². The van der Waals surface area contributed by atoms with E-state index in [0.717, 1.165) is 64.3 Å². The molecule has 2 N–H and O–H groups in total. The first-order valence-corrected chi connectivity index (χ1v) is 9.92. The van der Waals surface area contributed by atoms with Gasteiger partial charge in [0.2, 0.25) is 5.91 Å². The van der Waals surface area contributed by atoms with E-state index in [-0.39, 0.29) is 18.4 Å². The molecule has 0 saturated carbocycles. The minimum atomic E-state index is -0.742. The summed E-state index contributed by atoms with van der Waals surface area (Å²) >= 11 is 0. The molecule has 0 aromatic rings. The average Bonchev–Trinajstić information content (AvgIpc) is 2.57. The Kier molecular flexibility index (Phi) is 11.2. The summed E-state index contributed by atoms with van der Waals surface area (Å²) in [6.45, 7) is 2.88. The molecule has 1 amide bonds. The number of piperidine rings is 1. The summed E-state index contributed by atoms with van der Waals surface area (Å²) in [6, 6.07) is 0.0982. The zero-order valence-corrected chi connectivity index (χ0v) is 15.7. The van der Waals surface area contributed by atoms with Crippen LogP contribution in [0.5, 0.6) is 0 Å². The van der Waals surface area contributed by atoms with Crippen molar-refractivity contribution >= 4 is 11.9 Å². The number of aliphatic carboxylic acids is 1. The van der Waals surface area contributed by atoms with Gasteiger partial charge in [0, 0.05) is 19.4 Å². The monoisotopic (exact) mass is 353 g/mol. The number of carbonyl (C=O) groups excluding carboxylic acids is 1. The summed E-state index contributed by atoms with van der Waals surface area (Å²) in [5, 5.41) is 18.7. The maximum atomic E-state index is 12.2. The van der Waals surface area contributed by atoms with Gasteiger partial charge in [-0.2, -0.15) is 0 Å². The number of rotatable bonds is 13. The van der Waals surface area contributed by atoms with Crippen LogP contribution >= 0.6 is 0 Å². The fraction of sp³-hybridized carbons (Fsp3) is 0.800. The summed E-state index contributed by atoms with van der Waals surface area (Å²) in [5.74, 6) is -0.541. The Morgan fingerprint density at radius 1 is 1.24 bits per heavy atom. The van der Waals surface area contributed by atoms with Crippen molar-refractivity contribution in [2.75, 3.05) is 6.54 Å². The minimum Gasteiger partial charge on any atom is -0.481 e. The quantitative estimate of drug-likeness (QED) is 0.389. The molecule has 25 heavy (non-hydrogen) atoms. The predicted molar refractivity (Wildman–Crippen MR) is 99.4 cm³/mol. The van der Waals surface area contributed by atoms with E-state index in [0.29, 0.717) is 12.8 Å². The highest BCUT2D eigenvalue weighted by atomic mass is 16.4. The van der Waals surface area contributed by atoms with Gasteiger partial charge >= 0.3 is 5.97 Å². The molecule has 0 radical (unpaired) electrons. The van der Waals surface area contributed by atoms with Crippen LogP contribution in [0.25, 0.3) is 0 Å². The van der Waals surface area contributed by atoms with Gasteiger partial charge < -0.3 is 15.1 Å². The zero-order valence-electron chi connectivity index (χ0n) is 15.7. The summed E-state index contributed by atoms with van der Waals surface area (Å²) < 4.78 is 0. The number of hydrogen-bond donors (Lipinski definition) is 2. The summed E-state index contributed by atoms with van der Waals surface area (Å²) in [5.41, 5.74) is 0. The lowest BCUT2D eigenvalue weighted by Gasteiger charge is -2.34. The number of carboxylic acid groups (broad SMARTS) is 1. The van der Waals surface area contributed by atoms with Gasteiger partial charge in [-0.25, -0.2) is 0 Å². The molecule has 0 bridgehead atoms. The molecule has 0 aromatic carbocycles. The van der Waals surface area contributed by atoms with Crippen LogP contribution in [-0.4, -0.2) is 45.7 Å². The fourth-order valence-electron chi connectivity index (χ4n) is 3.31. The number of unbranched alkanes of at least 4 members (excludes halogenated alkanes) is 5. The van der Waals surface area contributed by atoms with E-state index in [2.05, 4.69) is 6.92 Å². The predicted octanol–water partition coefficient (Wildman–Crippen LogP) is 3.90. The minimum absolute atomic E-state index is 0.0982. The van der Waals surface area contributed by atoms with Crippen molar-refractivity contribution < 1.29 is 19.8 Å². The second-order valence-electron chi connectivity index (χ2n) is 7.05. The van der Waals surface area contributed by atoms with E-state index in [1.807, 2.05) is 17.1 Å². The number of aliphatic hydroxyl groups is 1. The normalized spacial score (nSPS) is 19.5. The Morgan fingerprint density at radius 3 is 2.72 bits per heavy atom. The molecule has 5 heteroatoms. The third-order valence-electron chi connectivity index (χ3n) is 4.81. The first kappa shape index (κ1) is 21.7. The van der Waals surface area contributed by atoms with E-state index in [4.69, 9.17) is 5.11 Å². The number of likely N-dealkylation sites (tertiary alicyclic amines) is 1.